The molecule has 0 fully saturated rings. The number of esters is 1. The number of methoxy groups -OCH3 is 1. The lowest BCUT2D eigenvalue weighted by Gasteiger charge is -2.25. The summed E-state index contributed by atoms with van der Waals surface area (Å²) >= 11 is 3.49. The molecule has 0 heterocycles. The quantitative estimate of drug-likeness (QED) is 0.512. The predicted octanol–water partition coefficient (Wildman–Crippen LogP) is 4.60. The first kappa shape index (κ1) is 22.7. The molecule has 0 saturated carbocycles. The van der Waals surface area contributed by atoms with Crippen LogP contribution in [0, 0.1) is 0 Å². The zero-order valence-electron chi connectivity index (χ0n) is 15.4. The van der Waals surface area contributed by atoms with Crippen LogP contribution in [0.15, 0.2) is 34.8 Å². The van der Waals surface area contributed by atoms with E-state index in [1.807, 2.05) is 44.2 Å². The summed E-state index contributed by atoms with van der Waals surface area (Å²) in [5.74, 6) is 0.596. The SMILES string of the molecule is CC.COC(=O)CCC(C)(C)c1ccc(Br)c(OC/C=C\CN)c1. The van der Waals surface area contributed by atoms with E-state index >= 15 is 0 Å². The fourth-order valence-corrected chi connectivity index (χ4v) is 2.36. The van der Waals surface area contributed by atoms with Crippen molar-refractivity contribution in [3.05, 3.63) is 40.4 Å². The minimum Gasteiger partial charge on any atom is -0.488 e. The van der Waals surface area contributed by atoms with E-state index in [1.54, 1.807) is 0 Å². The lowest BCUT2D eigenvalue weighted by Crippen LogP contribution is -2.19. The number of carbonyl (C=O) groups excluding carboxylic acids is 1. The molecule has 0 bridgehead atoms. The molecule has 0 aliphatic carbocycles. The van der Waals surface area contributed by atoms with Crippen molar-refractivity contribution in [3.8, 4) is 5.75 Å². The van der Waals surface area contributed by atoms with Gasteiger partial charge in [0.2, 0.25) is 0 Å². The molecule has 24 heavy (non-hydrogen) atoms. The largest absolute Gasteiger partial charge is 0.488 e. The third-order valence-electron chi connectivity index (χ3n) is 3.53. The van der Waals surface area contributed by atoms with Crippen LogP contribution in [0.4, 0.5) is 0 Å². The second-order valence-electron chi connectivity index (χ2n) is 5.62. The Morgan fingerprint density at radius 1 is 1.29 bits per heavy atom. The number of benzene rings is 1. The van der Waals surface area contributed by atoms with E-state index < -0.39 is 0 Å². The van der Waals surface area contributed by atoms with Gasteiger partial charge in [0.15, 0.2) is 0 Å². The second kappa shape index (κ2) is 12.1. The summed E-state index contributed by atoms with van der Waals surface area (Å²) in [6.45, 7) is 9.20. The minimum absolute atomic E-state index is 0.139. The Bertz CT molecular complexity index is 527. The first-order valence-electron chi connectivity index (χ1n) is 8.25. The van der Waals surface area contributed by atoms with Gasteiger partial charge < -0.3 is 15.2 Å². The van der Waals surface area contributed by atoms with E-state index in [-0.39, 0.29) is 11.4 Å². The van der Waals surface area contributed by atoms with Crippen LogP contribution in [0.25, 0.3) is 0 Å². The monoisotopic (exact) mass is 399 g/mol. The zero-order chi connectivity index (χ0) is 18.6. The summed E-state index contributed by atoms with van der Waals surface area (Å²) in [7, 11) is 1.41. The maximum atomic E-state index is 11.3. The van der Waals surface area contributed by atoms with Crippen LogP contribution >= 0.6 is 15.9 Å². The molecule has 1 aromatic carbocycles. The average Bonchev–Trinajstić information content (AvgIpc) is 2.59. The predicted molar refractivity (Wildman–Crippen MR) is 103 cm³/mol. The van der Waals surface area contributed by atoms with Crippen LogP contribution in [-0.4, -0.2) is 26.2 Å². The van der Waals surface area contributed by atoms with Gasteiger partial charge >= 0.3 is 5.97 Å². The molecule has 0 amide bonds. The second-order valence-corrected chi connectivity index (χ2v) is 6.48. The minimum atomic E-state index is -0.186. The van der Waals surface area contributed by atoms with Gasteiger partial charge in [0.05, 0.1) is 11.6 Å². The summed E-state index contributed by atoms with van der Waals surface area (Å²) < 4.78 is 11.4. The number of ether oxygens (including phenoxy) is 2. The highest BCUT2D eigenvalue weighted by Gasteiger charge is 2.23. The number of carbonyl (C=O) groups is 1. The van der Waals surface area contributed by atoms with Crippen LogP contribution in [0.3, 0.4) is 0 Å². The van der Waals surface area contributed by atoms with Crippen molar-refractivity contribution in [2.24, 2.45) is 5.73 Å². The summed E-state index contributed by atoms with van der Waals surface area (Å²) in [4.78, 5) is 11.3. The Morgan fingerprint density at radius 3 is 2.54 bits per heavy atom. The zero-order valence-corrected chi connectivity index (χ0v) is 17.0. The Hall–Kier alpha value is -1.33. The number of hydrogen-bond donors (Lipinski definition) is 1. The van der Waals surface area contributed by atoms with E-state index in [4.69, 9.17) is 15.2 Å². The van der Waals surface area contributed by atoms with Gasteiger partial charge in [-0.15, -0.1) is 0 Å². The van der Waals surface area contributed by atoms with Gasteiger partial charge in [-0.2, -0.15) is 0 Å². The Kier molecular flexibility index (Phi) is 11.4. The molecule has 4 nitrogen and oxygen atoms in total. The highest BCUT2D eigenvalue weighted by atomic mass is 79.9. The van der Waals surface area contributed by atoms with Gasteiger partial charge in [-0.1, -0.05) is 45.9 Å². The molecular weight excluding hydrogens is 370 g/mol. The lowest BCUT2D eigenvalue weighted by molar-refractivity contribution is -0.141. The molecule has 0 spiro atoms. The lowest BCUT2D eigenvalue weighted by atomic mass is 9.80. The van der Waals surface area contributed by atoms with Crippen molar-refractivity contribution in [2.75, 3.05) is 20.3 Å². The number of halogens is 1. The molecule has 0 unspecified atom stereocenters. The molecule has 0 aliphatic heterocycles. The molecule has 2 N–H and O–H groups in total. The van der Waals surface area contributed by atoms with Crippen LogP contribution in [-0.2, 0) is 14.9 Å². The first-order chi connectivity index (χ1) is 11.4. The Balaban J connectivity index is 0.00000254. The van der Waals surface area contributed by atoms with Gasteiger partial charge in [-0.3, -0.25) is 4.79 Å². The van der Waals surface area contributed by atoms with Crippen LogP contribution in [0.5, 0.6) is 5.75 Å². The molecule has 0 radical (unpaired) electrons. The van der Waals surface area contributed by atoms with Gasteiger partial charge in [0, 0.05) is 13.0 Å². The molecule has 136 valence electrons. The van der Waals surface area contributed by atoms with E-state index in [9.17, 15) is 4.79 Å². The standard InChI is InChI=1S/C17H24BrNO3.C2H6/c1-17(2,9-8-16(20)21-3)13-6-7-14(18)15(12-13)22-11-5-4-10-19;1-2/h4-7,12H,8-11,19H2,1-3H3;1-2H3/b5-4-;. The van der Waals surface area contributed by atoms with E-state index in [0.29, 0.717) is 26.0 Å². The summed E-state index contributed by atoms with van der Waals surface area (Å²) in [5.41, 5.74) is 6.38. The maximum Gasteiger partial charge on any atom is 0.305 e. The third-order valence-corrected chi connectivity index (χ3v) is 4.19. The van der Waals surface area contributed by atoms with E-state index in [0.717, 1.165) is 15.8 Å². The van der Waals surface area contributed by atoms with Crippen LogP contribution in [0.2, 0.25) is 0 Å². The first-order valence-corrected chi connectivity index (χ1v) is 9.04. The summed E-state index contributed by atoms with van der Waals surface area (Å²) in [6, 6.07) is 6.03. The summed E-state index contributed by atoms with van der Waals surface area (Å²) in [5, 5.41) is 0. The topological polar surface area (TPSA) is 61.5 Å². The van der Waals surface area contributed by atoms with E-state index in [2.05, 4.69) is 29.8 Å². The highest BCUT2D eigenvalue weighted by Crippen LogP contribution is 2.34. The third kappa shape index (κ3) is 7.97. The molecular formula is C19H30BrNO3. The molecule has 0 aliphatic rings. The Morgan fingerprint density at radius 2 is 1.96 bits per heavy atom. The summed E-state index contributed by atoms with van der Waals surface area (Å²) in [6.07, 6.45) is 4.86. The van der Waals surface area contributed by atoms with Crippen molar-refractivity contribution in [1.82, 2.24) is 0 Å². The van der Waals surface area contributed by atoms with Crippen molar-refractivity contribution in [2.45, 2.75) is 46.0 Å². The molecule has 0 aromatic heterocycles. The molecule has 1 rings (SSSR count). The number of hydrogen-bond acceptors (Lipinski definition) is 4. The van der Waals surface area contributed by atoms with Crippen molar-refractivity contribution in [1.29, 1.82) is 0 Å². The smallest absolute Gasteiger partial charge is 0.305 e. The van der Waals surface area contributed by atoms with Crippen molar-refractivity contribution >= 4 is 21.9 Å². The van der Waals surface area contributed by atoms with Crippen LogP contribution < -0.4 is 10.5 Å². The van der Waals surface area contributed by atoms with E-state index in [1.165, 1.54) is 7.11 Å². The highest BCUT2D eigenvalue weighted by molar-refractivity contribution is 9.10. The fraction of sp³-hybridized carbons (Fsp3) is 0.526. The van der Waals surface area contributed by atoms with Gasteiger partial charge in [0.1, 0.15) is 12.4 Å². The van der Waals surface area contributed by atoms with Crippen molar-refractivity contribution in [3.63, 3.8) is 0 Å². The molecule has 0 saturated heterocycles. The molecule has 5 heteroatoms. The van der Waals surface area contributed by atoms with Crippen molar-refractivity contribution < 1.29 is 14.3 Å². The van der Waals surface area contributed by atoms with Crippen LogP contribution in [0.1, 0.15) is 46.1 Å². The molecule has 1 aromatic rings. The van der Waals surface area contributed by atoms with Gasteiger partial charge in [0.25, 0.3) is 0 Å². The number of rotatable bonds is 8. The number of nitrogens with two attached hydrogens (primary N) is 1. The Labute approximate surface area is 154 Å². The van der Waals surface area contributed by atoms with Gasteiger partial charge in [-0.05, 0) is 45.5 Å². The molecule has 0 atom stereocenters. The van der Waals surface area contributed by atoms with Gasteiger partial charge in [-0.25, -0.2) is 0 Å². The average molecular weight is 400 g/mol. The fourth-order valence-electron chi connectivity index (χ4n) is 2.00. The normalized spacial score (nSPS) is 11.0. The maximum absolute atomic E-state index is 11.3.